The number of piperazine rings is 1. The van der Waals surface area contributed by atoms with E-state index in [9.17, 15) is 27.3 Å². The van der Waals surface area contributed by atoms with E-state index in [1.165, 1.54) is 42.5 Å². The zero-order chi connectivity index (χ0) is 24.3. The Kier molecular flexibility index (Phi) is 6.47. The Bertz CT molecular complexity index is 1350. The lowest BCUT2D eigenvalue weighted by atomic mass is 10.1. The van der Waals surface area contributed by atoms with Gasteiger partial charge in [-0.25, -0.2) is 17.2 Å². The molecule has 1 N–H and O–H groups in total. The number of nitrogens with zero attached hydrogens (tertiary/aromatic N) is 3. The summed E-state index contributed by atoms with van der Waals surface area (Å²) < 4.78 is 54.4. The van der Waals surface area contributed by atoms with Gasteiger partial charge in [-0.2, -0.15) is 5.26 Å². The van der Waals surface area contributed by atoms with Gasteiger partial charge in [0.05, 0.1) is 10.6 Å². The van der Waals surface area contributed by atoms with Gasteiger partial charge in [-0.15, -0.1) is 0 Å². The third-order valence-electron chi connectivity index (χ3n) is 5.52. The van der Waals surface area contributed by atoms with Crippen LogP contribution in [0, 0.1) is 23.0 Å². The maximum Gasteiger partial charge on any atom is 0.261 e. The van der Waals surface area contributed by atoms with Crippen molar-refractivity contribution in [2.24, 2.45) is 0 Å². The molecule has 10 heteroatoms. The van der Waals surface area contributed by atoms with Gasteiger partial charge in [0.15, 0.2) is 0 Å². The fourth-order valence-electron chi connectivity index (χ4n) is 3.73. The normalized spacial score (nSPS) is 13.9. The summed E-state index contributed by atoms with van der Waals surface area (Å²) in [6.45, 7) is 1.59. The molecule has 0 spiro atoms. The monoisotopic (exact) mass is 482 g/mol. The summed E-state index contributed by atoms with van der Waals surface area (Å²) >= 11 is 0. The van der Waals surface area contributed by atoms with Crippen molar-refractivity contribution in [3.63, 3.8) is 0 Å². The van der Waals surface area contributed by atoms with Crippen molar-refractivity contribution in [3.05, 3.63) is 89.5 Å². The number of nitrogens with one attached hydrogen (secondary N) is 1. The first-order valence-corrected chi connectivity index (χ1v) is 11.9. The van der Waals surface area contributed by atoms with Crippen LogP contribution in [0.25, 0.3) is 0 Å². The Morgan fingerprint density at radius 2 is 1.56 bits per heavy atom. The van der Waals surface area contributed by atoms with Gasteiger partial charge in [0, 0.05) is 37.4 Å². The van der Waals surface area contributed by atoms with E-state index in [4.69, 9.17) is 0 Å². The van der Waals surface area contributed by atoms with Crippen molar-refractivity contribution >= 4 is 27.3 Å². The van der Waals surface area contributed by atoms with Crippen LogP contribution in [0.4, 0.5) is 20.2 Å². The van der Waals surface area contributed by atoms with Crippen molar-refractivity contribution in [3.8, 4) is 6.07 Å². The third-order valence-corrected chi connectivity index (χ3v) is 6.92. The standard InChI is InChI=1S/C24H20F2N4O3S/c25-18-6-8-19(9-7-18)28-34(32,33)20-10-4-17(5-11-20)24(31)30-14-12-29(13-15-30)23-3-1-2-22(26)21(23)16-27/h1-11,28H,12-15H2. The number of rotatable bonds is 5. The number of halogens is 2. The molecule has 0 unspecified atom stereocenters. The maximum atomic E-state index is 13.9. The zero-order valence-electron chi connectivity index (χ0n) is 17.9. The predicted molar refractivity (Wildman–Crippen MR) is 123 cm³/mol. The first-order valence-electron chi connectivity index (χ1n) is 10.4. The second kappa shape index (κ2) is 9.49. The largest absolute Gasteiger partial charge is 0.367 e. The molecule has 7 nitrogen and oxygen atoms in total. The molecule has 174 valence electrons. The number of carbonyl (C=O) groups excluding carboxylic acids is 1. The summed E-state index contributed by atoms with van der Waals surface area (Å²) in [6, 6.07) is 16.8. The van der Waals surface area contributed by atoms with Crippen LogP contribution in [0.3, 0.4) is 0 Å². The molecule has 1 heterocycles. The van der Waals surface area contributed by atoms with E-state index in [-0.39, 0.29) is 22.1 Å². The topological polar surface area (TPSA) is 93.5 Å². The lowest BCUT2D eigenvalue weighted by Gasteiger charge is -2.36. The predicted octanol–water partition coefficient (Wildman–Crippen LogP) is 3.60. The van der Waals surface area contributed by atoms with Gasteiger partial charge in [-0.05, 0) is 60.7 Å². The van der Waals surface area contributed by atoms with Crippen LogP contribution in [-0.2, 0) is 10.0 Å². The lowest BCUT2D eigenvalue weighted by Crippen LogP contribution is -2.49. The van der Waals surface area contributed by atoms with Gasteiger partial charge in [0.25, 0.3) is 15.9 Å². The fraction of sp³-hybridized carbons (Fsp3) is 0.167. The maximum absolute atomic E-state index is 13.9. The highest BCUT2D eigenvalue weighted by Gasteiger charge is 2.25. The number of anilines is 2. The van der Waals surface area contributed by atoms with Gasteiger partial charge in [-0.1, -0.05) is 6.07 Å². The van der Waals surface area contributed by atoms with E-state index in [0.29, 0.717) is 37.4 Å². The van der Waals surface area contributed by atoms with Crippen LogP contribution in [0.1, 0.15) is 15.9 Å². The summed E-state index contributed by atoms with van der Waals surface area (Å²) in [6.07, 6.45) is 0. The van der Waals surface area contributed by atoms with E-state index in [1.54, 1.807) is 17.0 Å². The molecule has 0 bridgehead atoms. The van der Waals surface area contributed by atoms with E-state index in [0.717, 1.165) is 12.1 Å². The summed E-state index contributed by atoms with van der Waals surface area (Å²) in [4.78, 5) is 16.4. The van der Waals surface area contributed by atoms with Gasteiger partial charge in [0.2, 0.25) is 0 Å². The molecule has 0 aromatic heterocycles. The van der Waals surface area contributed by atoms with E-state index in [2.05, 4.69) is 4.72 Å². The average molecular weight is 483 g/mol. The molecule has 34 heavy (non-hydrogen) atoms. The molecule has 1 amide bonds. The van der Waals surface area contributed by atoms with Crippen molar-refractivity contribution in [2.45, 2.75) is 4.90 Å². The molecule has 1 aliphatic heterocycles. The molecule has 0 aliphatic carbocycles. The summed E-state index contributed by atoms with van der Waals surface area (Å²) in [5, 5.41) is 9.25. The van der Waals surface area contributed by atoms with Gasteiger partial charge < -0.3 is 9.80 Å². The van der Waals surface area contributed by atoms with Crippen molar-refractivity contribution < 1.29 is 22.0 Å². The Hall–Kier alpha value is -3.97. The highest BCUT2D eigenvalue weighted by Crippen LogP contribution is 2.24. The van der Waals surface area contributed by atoms with Crippen molar-refractivity contribution in [1.82, 2.24) is 4.90 Å². The fourth-order valence-corrected chi connectivity index (χ4v) is 4.79. The van der Waals surface area contributed by atoms with E-state index in [1.807, 2.05) is 11.0 Å². The molecular weight excluding hydrogens is 462 g/mol. The zero-order valence-corrected chi connectivity index (χ0v) is 18.7. The molecule has 3 aromatic rings. The van der Waals surface area contributed by atoms with Gasteiger partial charge in [-0.3, -0.25) is 9.52 Å². The average Bonchev–Trinajstić information content (AvgIpc) is 2.85. The minimum absolute atomic E-state index is 0.0201. The number of hydrogen-bond acceptors (Lipinski definition) is 5. The van der Waals surface area contributed by atoms with Crippen LogP contribution >= 0.6 is 0 Å². The summed E-state index contributed by atoms with van der Waals surface area (Å²) in [7, 11) is -3.90. The third kappa shape index (κ3) is 4.84. The molecular formula is C24H20F2N4O3S. The van der Waals surface area contributed by atoms with Crippen LogP contribution in [0.2, 0.25) is 0 Å². The van der Waals surface area contributed by atoms with Crippen molar-refractivity contribution in [1.29, 1.82) is 5.26 Å². The summed E-state index contributed by atoms with van der Waals surface area (Å²) in [5.41, 5.74) is 1.03. The van der Waals surface area contributed by atoms with Gasteiger partial charge in [0.1, 0.15) is 23.3 Å². The second-order valence-corrected chi connectivity index (χ2v) is 9.34. The highest BCUT2D eigenvalue weighted by atomic mass is 32.2. The van der Waals surface area contributed by atoms with E-state index >= 15 is 0 Å². The Morgan fingerprint density at radius 3 is 2.18 bits per heavy atom. The Labute approximate surface area is 195 Å². The number of amides is 1. The number of benzene rings is 3. The number of sulfonamides is 1. The molecule has 0 saturated carbocycles. The molecule has 0 radical (unpaired) electrons. The first kappa shape index (κ1) is 23.2. The smallest absolute Gasteiger partial charge is 0.261 e. The van der Waals surface area contributed by atoms with Crippen molar-refractivity contribution in [2.75, 3.05) is 35.8 Å². The van der Waals surface area contributed by atoms with E-state index < -0.39 is 21.7 Å². The number of nitriles is 1. The SMILES string of the molecule is N#Cc1c(F)cccc1N1CCN(C(=O)c2ccc(S(=O)(=O)Nc3ccc(F)cc3)cc2)CC1. The second-order valence-electron chi connectivity index (χ2n) is 7.66. The van der Waals surface area contributed by atoms with Crippen LogP contribution in [0.15, 0.2) is 71.6 Å². The van der Waals surface area contributed by atoms with Crippen LogP contribution < -0.4 is 9.62 Å². The molecule has 1 saturated heterocycles. The number of hydrogen-bond donors (Lipinski definition) is 1. The summed E-state index contributed by atoms with van der Waals surface area (Å²) in [5.74, 6) is -1.31. The Morgan fingerprint density at radius 1 is 0.912 bits per heavy atom. The first-order chi connectivity index (χ1) is 16.3. The highest BCUT2D eigenvalue weighted by molar-refractivity contribution is 7.92. The minimum atomic E-state index is -3.90. The Balaban J connectivity index is 1.41. The molecule has 3 aromatic carbocycles. The molecule has 0 atom stereocenters. The molecule has 1 aliphatic rings. The molecule has 1 fully saturated rings. The molecule has 4 rings (SSSR count). The number of carbonyl (C=O) groups is 1. The minimum Gasteiger partial charge on any atom is -0.367 e. The lowest BCUT2D eigenvalue weighted by molar-refractivity contribution is 0.0746. The van der Waals surface area contributed by atoms with Gasteiger partial charge >= 0.3 is 0 Å². The van der Waals surface area contributed by atoms with Crippen LogP contribution in [0.5, 0.6) is 0 Å². The quantitative estimate of drug-likeness (QED) is 0.600. The van der Waals surface area contributed by atoms with Crippen LogP contribution in [-0.4, -0.2) is 45.4 Å².